The van der Waals surface area contributed by atoms with Crippen molar-refractivity contribution in [1.82, 2.24) is 5.32 Å². The van der Waals surface area contributed by atoms with Crippen LogP contribution in [0.3, 0.4) is 0 Å². The Morgan fingerprint density at radius 1 is 1.50 bits per heavy atom. The van der Waals surface area contributed by atoms with Crippen molar-refractivity contribution in [2.75, 3.05) is 13.7 Å². The summed E-state index contributed by atoms with van der Waals surface area (Å²) in [7, 11) is 2.01. The minimum Gasteiger partial charge on any atom is -0.378 e. The molecule has 3 heteroatoms. The van der Waals surface area contributed by atoms with Crippen LogP contribution in [-0.2, 0) is 4.74 Å². The summed E-state index contributed by atoms with van der Waals surface area (Å²) in [6.07, 6.45) is 5.11. The summed E-state index contributed by atoms with van der Waals surface area (Å²) >= 11 is 6.19. The first-order chi connectivity index (χ1) is 8.72. The van der Waals surface area contributed by atoms with E-state index in [1.807, 2.05) is 19.2 Å². The van der Waals surface area contributed by atoms with Gasteiger partial charge in [-0.2, -0.15) is 0 Å². The van der Waals surface area contributed by atoms with Crippen LogP contribution >= 0.6 is 11.6 Å². The monoisotopic (exact) mass is 267 g/mol. The average molecular weight is 268 g/mol. The number of nitrogens with one attached hydrogen (secondary N) is 1. The molecule has 1 saturated heterocycles. The molecule has 1 fully saturated rings. The van der Waals surface area contributed by atoms with Crippen LogP contribution < -0.4 is 5.32 Å². The molecule has 2 unspecified atom stereocenters. The maximum absolute atomic E-state index is 6.19. The lowest BCUT2D eigenvalue weighted by Crippen LogP contribution is -2.19. The topological polar surface area (TPSA) is 21.3 Å². The summed E-state index contributed by atoms with van der Waals surface area (Å²) in [4.78, 5) is 0. The smallest absolute Gasteiger partial charge is 0.0576 e. The molecule has 0 spiro atoms. The summed E-state index contributed by atoms with van der Waals surface area (Å²) in [6, 6.07) is 6.51. The molecule has 18 heavy (non-hydrogen) atoms. The van der Waals surface area contributed by atoms with Crippen molar-refractivity contribution in [3.8, 4) is 0 Å². The molecule has 1 aliphatic heterocycles. The molecular weight excluding hydrogens is 246 g/mol. The predicted octanol–water partition coefficient (Wildman–Crippen LogP) is 3.87. The summed E-state index contributed by atoms with van der Waals surface area (Å²) < 4.78 is 5.68. The molecule has 1 aromatic rings. The second kappa shape index (κ2) is 6.55. The second-order valence-electron chi connectivity index (χ2n) is 5.01. The summed E-state index contributed by atoms with van der Waals surface area (Å²) in [5.41, 5.74) is 2.49. The number of hydrogen-bond donors (Lipinski definition) is 1. The molecule has 0 amide bonds. The molecule has 0 saturated carbocycles. The van der Waals surface area contributed by atoms with Gasteiger partial charge in [0, 0.05) is 17.7 Å². The third-order valence-electron chi connectivity index (χ3n) is 3.83. The zero-order valence-corrected chi connectivity index (χ0v) is 12.0. The second-order valence-corrected chi connectivity index (χ2v) is 5.41. The van der Waals surface area contributed by atoms with Gasteiger partial charge in [0.2, 0.25) is 0 Å². The lowest BCUT2D eigenvalue weighted by molar-refractivity contribution is 0.0998. The molecule has 0 radical (unpaired) electrons. The van der Waals surface area contributed by atoms with Gasteiger partial charge in [0.1, 0.15) is 0 Å². The van der Waals surface area contributed by atoms with Crippen molar-refractivity contribution in [3.05, 3.63) is 34.3 Å². The van der Waals surface area contributed by atoms with Gasteiger partial charge in [0.25, 0.3) is 0 Å². The maximum atomic E-state index is 6.19. The fraction of sp³-hybridized carbons (Fsp3) is 0.600. The number of halogens is 1. The van der Waals surface area contributed by atoms with Crippen LogP contribution in [0.1, 0.15) is 42.9 Å². The molecule has 0 aliphatic carbocycles. The number of hydrogen-bond acceptors (Lipinski definition) is 2. The van der Waals surface area contributed by atoms with E-state index < -0.39 is 0 Å². The average Bonchev–Trinajstić information content (AvgIpc) is 2.88. The number of ether oxygens (including phenoxy) is 1. The van der Waals surface area contributed by atoms with Crippen molar-refractivity contribution >= 4 is 11.6 Å². The highest BCUT2D eigenvalue weighted by atomic mass is 35.5. The first-order valence-electron chi connectivity index (χ1n) is 6.76. The van der Waals surface area contributed by atoms with E-state index in [-0.39, 0.29) is 0 Å². The van der Waals surface area contributed by atoms with E-state index in [2.05, 4.69) is 18.3 Å². The highest BCUT2D eigenvalue weighted by Crippen LogP contribution is 2.28. The molecule has 100 valence electrons. The van der Waals surface area contributed by atoms with E-state index in [9.17, 15) is 0 Å². The predicted molar refractivity (Wildman–Crippen MR) is 76.2 cm³/mol. The minimum atomic E-state index is 0.368. The Bertz CT molecular complexity index is 388. The van der Waals surface area contributed by atoms with Gasteiger partial charge in [-0.05, 0) is 56.8 Å². The van der Waals surface area contributed by atoms with Crippen molar-refractivity contribution in [3.63, 3.8) is 0 Å². The Kier molecular flexibility index (Phi) is 5.04. The van der Waals surface area contributed by atoms with E-state index in [0.717, 1.165) is 24.5 Å². The Labute approximate surface area is 115 Å². The van der Waals surface area contributed by atoms with Crippen LogP contribution in [0.5, 0.6) is 0 Å². The Balaban J connectivity index is 2.00. The Hall–Kier alpha value is -0.570. The van der Waals surface area contributed by atoms with Crippen LogP contribution in [0.25, 0.3) is 0 Å². The molecule has 1 N–H and O–H groups in total. The molecule has 2 nitrogen and oxygen atoms in total. The highest BCUT2D eigenvalue weighted by Gasteiger charge is 2.19. The summed E-state index contributed by atoms with van der Waals surface area (Å²) in [6.45, 7) is 3.03. The summed E-state index contributed by atoms with van der Waals surface area (Å²) in [5, 5.41) is 4.25. The third kappa shape index (κ3) is 3.25. The lowest BCUT2D eigenvalue weighted by Gasteiger charge is -2.21. The number of rotatable bonds is 5. The van der Waals surface area contributed by atoms with Crippen LogP contribution in [0, 0.1) is 6.92 Å². The normalized spacial score (nSPS) is 21.2. The first kappa shape index (κ1) is 13.9. The quantitative estimate of drug-likeness (QED) is 0.875. The zero-order chi connectivity index (χ0) is 13.0. The van der Waals surface area contributed by atoms with Gasteiger partial charge in [-0.25, -0.2) is 0 Å². The zero-order valence-electron chi connectivity index (χ0n) is 11.2. The molecule has 0 aromatic heterocycles. The fourth-order valence-corrected chi connectivity index (χ4v) is 2.86. The van der Waals surface area contributed by atoms with Crippen LogP contribution in [0.4, 0.5) is 0 Å². The van der Waals surface area contributed by atoms with Crippen molar-refractivity contribution < 1.29 is 4.74 Å². The Morgan fingerprint density at radius 2 is 2.33 bits per heavy atom. The van der Waals surface area contributed by atoms with Gasteiger partial charge < -0.3 is 10.1 Å². The molecular formula is C15H22ClNO. The van der Waals surface area contributed by atoms with Crippen molar-refractivity contribution in [2.24, 2.45) is 0 Å². The molecule has 2 atom stereocenters. The Morgan fingerprint density at radius 3 is 3.00 bits per heavy atom. The third-order valence-corrected chi connectivity index (χ3v) is 4.24. The molecule has 1 aromatic carbocycles. The standard InChI is InChI=1S/C15H22ClNO/c1-11-13(6-3-7-14(11)16)15(17-2)9-8-12-5-4-10-18-12/h3,6-7,12,15,17H,4-5,8-10H2,1-2H3. The van der Waals surface area contributed by atoms with Gasteiger partial charge in [-0.1, -0.05) is 23.7 Å². The van der Waals surface area contributed by atoms with Crippen LogP contribution in [0.2, 0.25) is 5.02 Å². The number of benzene rings is 1. The largest absolute Gasteiger partial charge is 0.378 e. The van der Waals surface area contributed by atoms with Crippen LogP contribution in [0.15, 0.2) is 18.2 Å². The van der Waals surface area contributed by atoms with Crippen molar-refractivity contribution in [1.29, 1.82) is 0 Å². The summed E-state index contributed by atoms with van der Waals surface area (Å²) in [5.74, 6) is 0. The molecule has 0 bridgehead atoms. The minimum absolute atomic E-state index is 0.368. The lowest BCUT2D eigenvalue weighted by atomic mass is 9.96. The van der Waals surface area contributed by atoms with E-state index in [0.29, 0.717) is 12.1 Å². The maximum Gasteiger partial charge on any atom is 0.0576 e. The van der Waals surface area contributed by atoms with Gasteiger partial charge in [0.15, 0.2) is 0 Å². The highest BCUT2D eigenvalue weighted by molar-refractivity contribution is 6.31. The van der Waals surface area contributed by atoms with E-state index in [1.54, 1.807) is 0 Å². The first-order valence-corrected chi connectivity index (χ1v) is 7.14. The van der Waals surface area contributed by atoms with E-state index in [4.69, 9.17) is 16.3 Å². The fourth-order valence-electron chi connectivity index (χ4n) is 2.68. The van der Waals surface area contributed by atoms with Gasteiger partial charge in [-0.3, -0.25) is 0 Å². The van der Waals surface area contributed by atoms with E-state index >= 15 is 0 Å². The van der Waals surface area contributed by atoms with Gasteiger partial charge >= 0.3 is 0 Å². The van der Waals surface area contributed by atoms with Crippen LogP contribution in [-0.4, -0.2) is 19.8 Å². The van der Waals surface area contributed by atoms with Gasteiger partial charge in [0.05, 0.1) is 6.10 Å². The SMILES string of the molecule is CNC(CCC1CCCO1)c1cccc(Cl)c1C. The van der Waals surface area contributed by atoms with Crippen molar-refractivity contribution in [2.45, 2.75) is 44.8 Å². The molecule has 1 heterocycles. The molecule has 1 aliphatic rings. The van der Waals surface area contributed by atoms with E-state index in [1.165, 1.54) is 24.0 Å². The molecule has 2 rings (SSSR count). The van der Waals surface area contributed by atoms with Gasteiger partial charge in [-0.15, -0.1) is 0 Å².